The Hall–Kier alpha value is -3.30. The Morgan fingerprint density at radius 3 is 2.52 bits per heavy atom. The van der Waals surface area contributed by atoms with Crippen LogP contribution in [0.5, 0.6) is 5.75 Å². The van der Waals surface area contributed by atoms with Gasteiger partial charge in [0.25, 0.3) is 0 Å². The first-order valence-electron chi connectivity index (χ1n) is 14.8. The first kappa shape index (κ1) is 29.7. The lowest BCUT2D eigenvalue weighted by molar-refractivity contribution is -0.149. The van der Waals surface area contributed by atoms with Crippen molar-refractivity contribution in [3.63, 3.8) is 0 Å². The number of rotatable bonds is 10. The quantitative estimate of drug-likeness (QED) is 0.317. The van der Waals surface area contributed by atoms with Crippen molar-refractivity contribution in [1.82, 2.24) is 15.1 Å². The largest absolute Gasteiger partial charge is 0.494 e. The maximum absolute atomic E-state index is 12.7. The Balaban J connectivity index is 1.34. The number of hydrogen-bond acceptors (Lipinski definition) is 8. The van der Waals surface area contributed by atoms with E-state index >= 15 is 0 Å². The summed E-state index contributed by atoms with van der Waals surface area (Å²) in [6.07, 6.45) is 9.91. The van der Waals surface area contributed by atoms with Crippen LogP contribution in [0.15, 0.2) is 23.2 Å². The zero-order chi connectivity index (χ0) is 28.5. The third-order valence-corrected chi connectivity index (χ3v) is 7.73. The van der Waals surface area contributed by atoms with Gasteiger partial charge in [0, 0.05) is 31.6 Å². The first-order chi connectivity index (χ1) is 19.3. The summed E-state index contributed by atoms with van der Waals surface area (Å²) in [5, 5.41) is 2.68. The molecule has 0 aromatic heterocycles. The van der Waals surface area contributed by atoms with Crippen molar-refractivity contribution in [2.24, 2.45) is 4.99 Å². The van der Waals surface area contributed by atoms with Gasteiger partial charge in [0.2, 0.25) is 11.9 Å². The standard InChI is InChI=1S/C30H44N4O6/c1-21(2)39-30(37)32-29-31-26-16-15-25(38-17-9-14-27(35)33(3)23-10-5-4-6-11-23)18-22(26)19-34(29)20-28(36)40-24-12-7-8-13-24/h15-16,18,21,23-24H,4-14,17,19-20H2,1-3H3,(H,31,32,37). The molecule has 0 atom stereocenters. The maximum Gasteiger partial charge on any atom is 0.414 e. The highest BCUT2D eigenvalue weighted by Gasteiger charge is 2.27. The lowest BCUT2D eigenvalue weighted by atomic mass is 9.94. The molecular weight excluding hydrogens is 512 g/mol. The van der Waals surface area contributed by atoms with Crippen molar-refractivity contribution in [3.8, 4) is 5.75 Å². The summed E-state index contributed by atoms with van der Waals surface area (Å²) in [4.78, 5) is 45.9. The van der Waals surface area contributed by atoms with Gasteiger partial charge in [0.1, 0.15) is 18.4 Å². The highest BCUT2D eigenvalue weighted by atomic mass is 16.6. The van der Waals surface area contributed by atoms with Crippen LogP contribution >= 0.6 is 0 Å². The molecule has 4 rings (SSSR count). The van der Waals surface area contributed by atoms with Crippen LogP contribution in [0.4, 0.5) is 10.5 Å². The van der Waals surface area contributed by atoms with Crippen LogP contribution in [0.1, 0.15) is 90.0 Å². The number of carbonyl (C=O) groups excluding carboxylic acids is 3. The number of amides is 2. The third kappa shape index (κ3) is 8.60. The molecule has 2 amide bonds. The van der Waals surface area contributed by atoms with Gasteiger partial charge in [0.15, 0.2) is 0 Å². The van der Waals surface area contributed by atoms with Crippen molar-refractivity contribution in [2.75, 3.05) is 20.2 Å². The molecule has 2 aliphatic carbocycles. The van der Waals surface area contributed by atoms with Gasteiger partial charge in [-0.15, -0.1) is 0 Å². The second-order valence-electron chi connectivity index (χ2n) is 11.3. The number of nitrogens with one attached hydrogen (secondary N) is 1. The molecule has 1 N–H and O–H groups in total. The SMILES string of the molecule is CC(C)OC(=O)NC1=Nc2ccc(OCCCC(=O)N(C)C3CCCCC3)cc2CN1CC(=O)OC1CCCC1. The van der Waals surface area contributed by atoms with Crippen LogP contribution in [0.2, 0.25) is 0 Å². The van der Waals surface area contributed by atoms with Crippen molar-refractivity contribution >= 4 is 29.6 Å². The minimum atomic E-state index is -0.630. The smallest absolute Gasteiger partial charge is 0.414 e. The summed E-state index contributed by atoms with van der Waals surface area (Å²) < 4.78 is 16.8. The van der Waals surface area contributed by atoms with Crippen molar-refractivity contribution in [1.29, 1.82) is 0 Å². The molecule has 1 heterocycles. The van der Waals surface area contributed by atoms with Crippen LogP contribution in [-0.2, 0) is 25.6 Å². The predicted molar refractivity (Wildman–Crippen MR) is 151 cm³/mol. The number of guanidine groups is 1. The van der Waals surface area contributed by atoms with Gasteiger partial charge < -0.3 is 24.0 Å². The Bertz CT molecular complexity index is 1060. The molecule has 0 saturated heterocycles. The highest BCUT2D eigenvalue weighted by Crippen LogP contribution is 2.30. The molecule has 40 heavy (non-hydrogen) atoms. The Morgan fingerprint density at radius 2 is 1.80 bits per heavy atom. The molecule has 0 spiro atoms. The van der Waals surface area contributed by atoms with Gasteiger partial charge in [-0.05, 0) is 77.0 Å². The van der Waals surface area contributed by atoms with Crippen molar-refractivity contribution < 1.29 is 28.6 Å². The van der Waals surface area contributed by atoms with Gasteiger partial charge >= 0.3 is 12.1 Å². The molecule has 10 heteroatoms. The second kappa shape index (κ2) is 14.4. The van der Waals surface area contributed by atoms with Gasteiger partial charge in [0.05, 0.1) is 18.4 Å². The van der Waals surface area contributed by atoms with Crippen molar-refractivity contribution in [2.45, 2.75) is 109 Å². The molecule has 220 valence electrons. The topological polar surface area (TPSA) is 110 Å². The normalized spacial score (nSPS) is 17.7. The van der Waals surface area contributed by atoms with Crippen LogP contribution in [0.3, 0.4) is 0 Å². The van der Waals surface area contributed by atoms with E-state index in [-0.39, 0.29) is 36.6 Å². The van der Waals surface area contributed by atoms with Gasteiger partial charge in [-0.25, -0.2) is 9.79 Å². The maximum atomic E-state index is 12.7. The average Bonchev–Trinajstić information content (AvgIpc) is 3.43. The van der Waals surface area contributed by atoms with E-state index in [4.69, 9.17) is 14.2 Å². The van der Waals surface area contributed by atoms with Gasteiger partial charge in [-0.1, -0.05) is 19.3 Å². The van der Waals surface area contributed by atoms with Crippen LogP contribution in [0.25, 0.3) is 0 Å². The predicted octanol–water partition coefficient (Wildman–Crippen LogP) is 5.06. The molecule has 3 aliphatic rings. The minimum absolute atomic E-state index is 0.0432. The van der Waals surface area contributed by atoms with Gasteiger partial charge in [-0.3, -0.25) is 14.9 Å². The fraction of sp³-hybridized carbons (Fsp3) is 0.667. The number of ether oxygens (including phenoxy) is 3. The molecular formula is C30H44N4O6. The van der Waals surface area contributed by atoms with E-state index in [0.29, 0.717) is 43.5 Å². The van der Waals surface area contributed by atoms with E-state index in [0.717, 1.165) is 44.1 Å². The zero-order valence-corrected chi connectivity index (χ0v) is 24.2. The number of nitrogens with zero attached hydrogens (tertiary/aromatic N) is 3. The number of carbonyl (C=O) groups is 3. The lowest BCUT2D eigenvalue weighted by Crippen LogP contribution is -2.48. The highest BCUT2D eigenvalue weighted by molar-refractivity contribution is 5.97. The molecule has 1 aromatic rings. The number of aliphatic imine (C=N–C) groups is 1. The fourth-order valence-corrected chi connectivity index (χ4v) is 5.57. The van der Waals surface area contributed by atoms with E-state index < -0.39 is 6.09 Å². The molecule has 2 fully saturated rings. The van der Waals surface area contributed by atoms with Crippen LogP contribution in [0, 0.1) is 0 Å². The summed E-state index contributed by atoms with van der Waals surface area (Å²) in [5.74, 6) is 0.741. The van der Waals surface area contributed by atoms with Crippen LogP contribution in [-0.4, -0.2) is 72.2 Å². The molecule has 1 aliphatic heterocycles. The lowest BCUT2D eigenvalue weighted by Gasteiger charge is -2.31. The molecule has 1 aromatic carbocycles. The molecule has 0 unspecified atom stereocenters. The summed E-state index contributed by atoms with van der Waals surface area (Å²) in [6, 6.07) is 5.92. The summed E-state index contributed by atoms with van der Waals surface area (Å²) in [7, 11) is 1.92. The molecule has 10 nitrogen and oxygen atoms in total. The average molecular weight is 557 g/mol. The number of benzene rings is 1. The molecule has 0 radical (unpaired) electrons. The Morgan fingerprint density at radius 1 is 1.07 bits per heavy atom. The van der Waals surface area contributed by atoms with E-state index in [9.17, 15) is 14.4 Å². The molecule has 2 saturated carbocycles. The number of fused-ring (bicyclic) bond motifs is 1. The second-order valence-corrected chi connectivity index (χ2v) is 11.3. The fourth-order valence-electron chi connectivity index (χ4n) is 5.57. The summed E-state index contributed by atoms with van der Waals surface area (Å²) >= 11 is 0. The monoisotopic (exact) mass is 556 g/mol. The third-order valence-electron chi connectivity index (χ3n) is 7.73. The van der Waals surface area contributed by atoms with Crippen molar-refractivity contribution in [3.05, 3.63) is 23.8 Å². The first-order valence-corrected chi connectivity index (χ1v) is 14.8. The summed E-state index contributed by atoms with van der Waals surface area (Å²) in [6.45, 7) is 4.26. The number of esters is 1. The Labute approximate surface area is 237 Å². The van der Waals surface area contributed by atoms with E-state index in [1.807, 2.05) is 30.1 Å². The number of alkyl carbamates (subject to hydrolysis) is 1. The zero-order valence-electron chi connectivity index (χ0n) is 24.2. The molecule has 0 bridgehead atoms. The summed E-state index contributed by atoms with van der Waals surface area (Å²) in [5.41, 5.74) is 1.54. The van der Waals surface area contributed by atoms with Crippen LogP contribution < -0.4 is 10.1 Å². The van der Waals surface area contributed by atoms with E-state index in [1.54, 1.807) is 18.7 Å². The Kier molecular flexibility index (Phi) is 10.7. The van der Waals surface area contributed by atoms with E-state index in [2.05, 4.69) is 10.3 Å². The minimum Gasteiger partial charge on any atom is -0.494 e. The number of hydrogen-bond donors (Lipinski definition) is 1. The van der Waals surface area contributed by atoms with Gasteiger partial charge in [-0.2, -0.15) is 0 Å². The van der Waals surface area contributed by atoms with E-state index in [1.165, 1.54) is 19.3 Å².